The summed E-state index contributed by atoms with van der Waals surface area (Å²) >= 11 is 0. The van der Waals surface area contributed by atoms with Gasteiger partial charge in [0.1, 0.15) is 24.7 Å². The minimum absolute atomic E-state index is 0.0281. The van der Waals surface area contributed by atoms with Crippen molar-refractivity contribution < 1.29 is 55.8 Å². The van der Waals surface area contributed by atoms with Gasteiger partial charge < -0.3 is 39.9 Å². The summed E-state index contributed by atoms with van der Waals surface area (Å²) in [4.78, 5) is 71.9. The fourth-order valence-electron chi connectivity index (χ4n) is 6.13. The van der Waals surface area contributed by atoms with Gasteiger partial charge in [0, 0.05) is 56.7 Å². The Morgan fingerprint density at radius 3 is 2.46 bits per heavy atom. The van der Waals surface area contributed by atoms with Gasteiger partial charge in [-0.1, -0.05) is 6.07 Å². The molecule has 22 heteroatoms. The van der Waals surface area contributed by atoms with Crippen molar-refractivity contribution in [3.05, 3.63) is 71.5 Å². The summed E-state index contributed by atoms with van der Waals surface area (Å²) in [5.41, 5.74) is 2.10. The van der Waals surface area contributed by atoms with Gasteiger partial charge in [-0.25, -0.2) is 9.97 Å². The third kappa shape index (κ3) is 11.2. The third-order valence-electron chi connectivity index (χ3n) is 8.86. The van der Waals surface area contributed by atoms with Crippen molar-refractivity contribution in [1.82, 2.24) is 35.3 Å². The van der Waals surface area contributed by atoms with Gasteiger partial charge in [0.2, 0.25) is 17.7 Å². The van der Waals surface area contributed by atoms with Crippen molar-refractivity contribution in [2.24, 2.45) is 7.05 Å². The number of fused-ring (bicyclic) bond motifs is 1. The number of pyridine rings is 1. The molecule has 5 N–H and O–H groups in total. The summed E-state index contributed by atoms with van der Waals surface area (Å²) in [6.45, 7) is 1.89. The Morgan fingerprint density at radius 2 is 1.71 bits per heavy atom. The van der Waals surface area contributed by atoms with Crippen LogP contribution in [-0.2, 0) is 37.4 Å². The van der Waals surface area contributed by atoms with E-state index in [1.165, 1.54) is 24.4 Å². The molecule has 0 aliphatic carbocycles. The number of alkyl halides is 3. The maximum Gasteiger partial charge on any atom is 0.405 e. The average Bonchev–Trinajstić information content (AvgIpc) is 3.90. The molecule has 4 aromatic rings. The molecule has 1 unspecified atom stereocenters. The SMILES string of the molecule is Cn1cc(NC(=O)c2coc(-c3ccnc(NCC(F)(F)F)c3)n2)c(CNCCOCCOCCOCCNc2cccc3c2C(=O)N(C2CCC(=O)NC2=O)C3=O)n1. The van der Waals surface area contributed by atoms with Crippen LogP contribution in [-0.4, -0.2) is 126 Å². The number of carbonyl (C=O) groups excluding carboxylic acids is 5. The van der Waals surface area contributed by atoms with Crippen molar-refractivity contribution in [1.29, 1.82) is 0 Å². The van der Waals surface area contributed by atoms with Gasteiger partial charge in [0.15, 0.2) is 5.69 Å². The molecular weight excluding hydrogens is 785 g/mol. The molecule has 2 aliphatic heterocycles. The standard InChI is InChI=1S/C37H41F3N10O9/c1-49-19-26(45-32(52)27-20-59-34(46-27)22-7-8-43-29(17-22)44-21-37(38,39)40)25(48-49)18-41-9-11-56-13-15-58-16-14-57-12-10-42-24-4-2-3-23-31(24)36(55)50(35(23)54)28-5-6-30(51)47-33(28)53/h2-4,7-8,17,19-20,28,41-42H,5-6,9-16,18,21H2,1H3,(H,43,44)(H,45,52)(H,47,51,53). The van der Waals surface area contributed by atoms with E-state index < -0.39 is 48.3 Å². The van der Waals surface area contributed by atoms with E-state index in [4.69, 9.17) is 18.6 Å². The Bertz CT molecular complexity index is 2160. The van der Waals surface area contributed by atoms with E-state index in [1.807, 2.05) is 0 Å². The molecule has 1 saturated heterocycles. The normalized spacial score (nSPS) is 15.4. The highest BCUT2D eigenvalue weighted by Crippen LogP contribution is 2.32. The van der Waals surface area contributed by atoms with E-state index in [0.717, 1.165) is 11.2 Å². The number of halogens is 3. The molecule has 1 aromatic carbocycles. The van der Waals surface area contributed by atoms with E-state index in [-0.39, 0.29) is 41.4 Å². The van der Waals surface area contributed by atoms with Crippen LogP contribution >= 0.6 is 0 Å². The number of nitrogens with one attached hydrogen (secondary N) is 5. The van der Waals surface area contributed by atoms with Crippen molar-refractivity contribution in [2.45, 2.75) is 31.6 Å². The fraction of sp³-hybridized carbons (Fsp3) is 0.405. The molecule has 0 bridgehead atoms. The zero-order valence-electron chi connectivity index (χ0n) is 31.7. The lowest BCUT2D eigenvalue weighted by atomic mass is 10.0. The van der Waals surface area contributed by atoms with Crippen LogP contribution < -0.4 is 26.6 Å². The van der Waals surface area contributed by atoms with Crippen LogP contribution in [0, 0.1) is 0 Å². The topological polar surface area (TPSA) is 233 Å². The number of amides is 5. The van der Waals surface area contributed by atoms with Crippen LogP contribution in [0.3, 0.4) is 0 Å². The van der Waals surface area contributed by atoms with E-state index in [2.05, 4.69) is 41.7 Å². The fourth-order valence-corrected chi connectivity index (χ4v) is 6.13. The molecule has 6 rings (SSSR count). The number of anilines is 3. The van der Waals surface area contributed by atoms with Gasteiger partial charge in [-0.3, -0.25) is 38.9 Å². The number of nitrogens with zero attached hydrogens (tertiary/aromatic N) is 5. The van der Waals surface area contributed by atoms with Crippen molar-refractivity contribution >= 4 is 46.7 Å². The highest BCUT2D eigenvalue weighted by atomic mass is 19.4. The first kappa shape index (κ1) is 42.4. The van der Waals surface area contributed by atoms with E-state index in [9.17, 15) is 37.1 Å². The van der Waals surface area contributed by atoms with Gasteiger partial charge in [0.05, 0.1) is 62.1 Å². The number of oxazole rings is 1. The quantitative estimate of drug-likeness (QED) is 0.0600. The first-order chi connectivity index (χ1) is 28.4. The summed E-state index contributed by atoms with van der Waals surface area (Å²) in [7, 11) is 1.70. The first-order valence-corrected chi connectivity index (χ1v) is 18.5. The van der Waals surface area contributed by atoms with Crippen molar-refractivity contribution in [3.8, 4) is 11.5 Å². The number of ether oxygens (including phenoxy) is 3. The van der Waals surface area contributed by atoms with E-state index >= 15 is 0 Å². The van der Waals surface area contributed by atoms with Gasteiger partial charge in [0.25, 0.3) is 17.7 Å². The van der Waals surface area contributed by atoms with Gasteiger partial charge in [-0.05, 0) is 30.7 Å². The summed E-state index contributed by atoms with van der Waals surface area (Å²) < 4.78 is 61.4. The largest absolute Gasteiger partial charge is 0.444 e. The molecule has 5 heterocycles. The molecule has 19 nitrogen and oxygen atoms in total. The number of aromatic nitrogens is 4. The second-order valence-corrected chi connectivity index (χ2v) is 13.2. The van der Waals surface area contributed by atoms with Gasteiger partial charge in [-0.2, -0.15) is 18.3 Å². The molecule has 0 spiro atoms. The summed E-state index contributed by atoms with van der Waals surface area (Å²) in [6.07, 6.45) is -0.228. The summed E-state index contributed by atoms with van der Waals surface area (Å²) in [5.74, 6) is -2.84. The van der Waals surface area contributed by atoms with Crippen molar-refractivity contribution in [3.63, 3.8) is 0 Å². The van der Waals surface area contributed by atoms with Gasteiger partial charge >= 0.3 is 6.18 Å². The monoisotopic (exact) mass is 826 g/mol. The van der Waals surface area contributed by atoms with Crippen LogP contribution in [0.25, 0.3) is 11.5 Å². The summed E-state index contributed by atoms with van der Waals surface area (Å²) in [6, 6.07) is 6.63. The molecule has 5 amide bonds. The van der Waals surface area contributed by atoms with E-state index in [0.29, 0.717) is 81.9 Å². The number of benzene rings is 1. The zero-order valence-corrected chi connectivity index (χ0v) is 31.7. The second-order valence-electron chi connectivity index (χ2n) is 13.2. The molecule has 0 saturated carbocycles. The molecule has 3 aromatic heterocycles. The predicted molar refractivity (Wildman–Crippen MR) is 201 cm³/mol. The Labute approximate surface area is 334 Å². The average molecular weight is 827 g/mol. The number of imide groups is 2. The Hall–Kier alpha value is -6.23. The highest BCUT2D eigenvalue weighted by Gasteiger charge is 2.45. The Morgan fingerprint density at radius 1 is 0.966 bits per heavy atom. The van der Waals surface area contributed by atoms with Crippen LogP contribution in [0.2, 0.25) is 0 Å². The maximum absolute atomic E-state index is 13.2. The zero-order chi connectivity index (χ0) is 41.9. The number of rotatable bonds is 21. The molecular formula is C37H41F3N10O9. The molecule has 2 aliphatic rings. The van der Waals surface area contributed by atoms with Crippen LogP contribution in [0.1, 0.15) is 49.7 Å². The third-order valence-corrected chi connectivity index (χ3v) is 8.86. The highest BCUT2D eigenvalue weighted by molar-refractivity contribution is 6.25. The number of piperidine rings is 1. The maximum atomic E-state index is 13.2. The Kier molecular flexibility index (Phi) is 14.0. The second kappa shape index (κ2) is 19.5. The lowest BCUT2D eigenvalue weighted by Crippen LogP contribution is -2.54. The first-order valence-electron chi connectivity index (χ1n) is 18.5. The lowest BCUT2D eigenvalue weighted by Gasteiger charge is -2.27. The molecule has 59 heavy (non-hydrogen) atoms. The summed E-state index contributed by atoms with van der Waals surface area (Å²) in [5, 5.41) is 17.8. The van der Waals surface area contributed by atoms with E-state index in [1.54, 1.807) is 30.1 Å². The van der Waals surface area contributed by atoms with Crippen molar-refractivity contribution in [2.75, 3.05) is 75.2 Å². The van der Waals surface area contributed by atoms with Crippen LogP contribution in [0.15, 0.2) is 53.4 Å². The minimum atomic E-state index is -4.42. The smallest absolute Gasteiger partial charge is 0.405 e. The number of carbonyl (C=O) groups is 5. The Balaban J connectivity index is 0.819. The molecule has 314 valence electrons. The van der Waals surface area contributed by atoms with Crippen LogP contribution in [0.5, 0.6) is 0 Å². The molecule has 1 atom stereocenters. The number of hydrogen-bond donors (Lipinski definition) is 5. The van der Waals surface area contributed by atoms with Gasteiger partial charge in [-0.15, -0.1) is 0 Å². The minimum Gasteiger partial charge on any atom is -0.444 e. The lowest BCUT2D eigenvalue weighted by molar-refractivity contribution is -0.136. The predicted octanol–water partition coefficient (Wildman–Crippen LogP) is 2.35. The molecule has 0 radical (unpaired) electrons. The number of aryl methyl sites for hydroxylation is 1. The number of hydrogen-bond acceptors (Lipinski definition) is 15. The molecule has 1 fully saturated rings. The van der Waals surface area contributed by atoms with Crippen LogP contribution in [0.4, 0.5) is 30.4 Å².